The Kier molecular flexibility index (Phi) is 3.26. The van der Waals surface area contributed by atoms with Crippen LogP contribution in [0.3, 0.4) is 0 Å². The molecule has 0 spiro atoms. The van der Waals surface area contributed by atoms with Crippen molar-refractivity contribution < 1.29 is 4.74 Å². The van der Waals surface area contributed by atoms with Crippen LogP contribution in [0.5, 0.6) is 0 Å². The number of thioether (sulfide) groups is 1. The average Bonchev–Trinajstić information content (AvgIpc) is 1.85. The van der Waals surface area contributed by atoms with Crippen LogP contribution in [0, 0.1) is 0 Å². The minimum Gasteiger partial charge on any atom is -0.368 e. The Morgan fingerprint density at radius 1 is 1.27 bits per heavy atom. The molecule has 1 aliphatic heterocycles. The van der Waals surface area contributed by atoms with Crippen LogP contribution in [-0.2, 0) is 4.74 Å². The molecule has 0 bridgehead atoms. The molecule has 0 aliphatic carbocycles. The normalized spacial score (nSPS) is 27.0. The summed E-state index contributed by atoms with van der Waals surface area (Å²) in [5, 5.41) is 0. The molecule has 0 aromatic carbocycles. The minimum absolute atomic E-state index is 0.349. The molecule has 0 N–H and O–H groups in total. The van der Waals surface area contributed by atoms with Gasteiger partial charge >= 0.3 is 0 Å². The highest BCUT2D eigenvalue weighted by Crippen LogP contribution is 2.33. The van der Waals surface area contributed by atoms with Gasteiger partial charge in [0, 0.05) is 11.4 Å². The molecule has 1 nitrogen and oxygen atoms in total. The van der Waals surface area contributed by atoms with E-state index in [4.69, 9.17) is 4.74 Å². The van der Waals surface area contributed by atoms with Crippen molar-refractivity contribution >= 4 is 11.8 Å². The highest BCUT2D eigenvalue weighted by Gasteiger charge is 2.21. The monoisotopic (exact) mass is 174 g/mol. The molecule has 1 fully saturated rings. The number of ether oxygens (including phenoxy) is 1. The van der Waals surface area contributed by atoms with Crippen LogP contribution in [0.25, 0.3) is 0 Å². The Morgan fingerprint density at radius 2 is 2.00 bits per heavy atom. The number of hydrogen-bond acceptors (Lipinski definition) is 2. The van der Waals surface area contributed by atoms with E-state index in [2.05, 4.69) is 20.8 Å². The molecule has 0 amide bonds. The molecular weight excluding hydrogens is 156 g/mol. The molecule has 0 radical (unpaired) electrons. The molecular formula is C9H18OS. The van der Waals surface area contributed by atoms with Gasteiger partial charge in [-0.1, -0.05) is 20.8 Å². The summed E-state index contributed by atoms with van der Waals surface area (Å²) in [6.45, 7) is 7.70. The van der Waals surface area contributed by atoms with Crippen molar-refractivity contribution in [2.75, 3.05) is 6.61 Å². The lowest BCUT2D eigenvalue weighted by Gasteiger charge is -2.28. The molecule has 1 unspecified atom stereocenters. The van der Waals surface area contributed by atoms with Crippen molar-refractivity contribution in [3.05, 3.63) is 0 Å². The van der Waals surface area contributed by atoms with Crippen molar-refractivity contribution in [2.24, 2.45) is 0 Å². The summed E-state index contributed by atoms with van der Waals surface area (Å²) in [4.78, 5) is 0. The van der Waals surface area contributed by atoms with Gasteiger partial charge in [-0.3, -0.25) is 0 Å². The Hall–Kier alpha value is 0.310. The third-order valence-electron chi connectivity index (χ3n) is 1.62. The fraction of sp³-hybridized carbons (Fsp3) is 1.00. The maximum atomic E-state index is 5.62. The molecule has 0 aromatic heterocycles. The first kappa shape index (κ1) is 9.40. The highest BCUT2D eigenvalue weighted by molar-refractivity contribution is 8.01. The van der Waals surface area contributed by atoms with Gasteiger partial charge in [-0.25, -0.2) is 0 Å². The Morgan fingerprint density at radius 3 is 2.45 bits per heavy atom. The van der Waals surface area contributed by atoms with Gasteiger partial charge in [0.05, 0.1) is 0 Å². The van der Waals surface area contributed by atoms with Crippen LogP contribution in [0.4, 0.5) is 0 Å². The van der Waals surface area contributed by atoms with Crippen LogP contribution in [0.1, 0.15) is 40.0 Å². The van der Waals surface area contributed by atoms with E-state index in [0.29, 0.717) is 10.2 Å². The molecule has 2 heteroatoms. The molecule has 1 saturated heterocycles. The summed E-state index contributed by atoms with van der Waals surface area (Å²) < 4.78 is 5.97. The van der Waals surface area contributed by atoms with E-state index >= 15 is 0 Å². The molecule has 66 valence electrons. The molecule has 1 heterocycles. The third-order valence-corrected chi connectivity index (χ3v) is 2.96. The van der Waals surface area contributed by atoms with E-state index in [1.165, 1.54) is 19.3 Å². The Balaban J connectivity index is 2.24. The van der Waals surface area contributed by atoms with E-state index < -0.39 is 0 Å². The molecule has 1 aliphatic rings. The fourth-order valence-electron chi connectivity index (χ4n) is 1.20. The highest BCUT2D eigenvalue weighted by atomic mass is 32.2. The molecule has 0 saturated carbocycles. The molecule has 11 heavy (non-hydrogen) atoms. The van der Waals surface area contributed by atoms with Gasteiger partial charge in [0.25, 0.3) is 0 Å². The largest absolute Gasteiger partial charge is 0.368 e. The second-order valence-corrected chi connectivity index (χ2v) is 6.01. The van der Waals surface area contributed by atoms with E-state index in [1.54, 1.807) is 0 Å². The predicted octanol–water partition coefficient (Wildman–Crippen LogP) is 3.04. The van der Waals surface area contributed by atoms with E-state index in [1.807, 2.05) is 11.8 Å². The van der Waals surface area contributed by atoms with Crippen LogP contribution in [0.15, 0.2) is 0 Å². The lowest BCUT2D eigenvalue weighted by Crippen LogP contribution is -2.21. The van der Waals surface area contributed by atoms with Crippen molar-refractivity contribution in [2.45, 2.75) is 50.2 Å². The lowest BCUT2D eigenvalue weighted by atomic mass is 10.2. The van der Waals surface area contributed by atoms with E-state index in [-0.39, 0.29) is 0 Å². The second-order valence-electron chi connectivity index (χ2n) is 4.03. The van der Waals surface area contributed by atoms with Crippen LogP contribution in [0.2, 0.25) is 0 Å². The number of hydrogen-bond donors (Lipinski definition) is 0. The molecule has 1 rings (SSSR count). The maximum absolute atomic E-state index is 5.62. The maximum Gasteiger partial charge on any atom is 0.103 e. The van der Waals surface area contributed by atoms with Crippen LogP contribution >= 0.6 is 11.8 Å². The van der Waals surface area contributed by atoms with Crippen molar-refractivity contribution in [3.8, 4) is 0 Å². The number of rotatable bonds is 1. The molecule has 0 aromatic rings. The van der Waals surface area contributed by atoms with Crippen molar-refractivity contribution in [1.29, 1.82) is 0 Å². The van der Waals surface area contributed by atoms with Gasteiger partial charge in [-0.2, -0.15) is 0 Å². The summed E-state index contributed by atoms with van der Waals surface area (Å²) in [5.41, 5.74) is 0.462. The van der Waals surface area contributed by atoms with Gasteiger partial charge in [0.2, 0.25) is 0 Å². The summed E-state index contributed by atoms with van der Waals surface area (Å²) in [5.74, 6) is 0. The van der Waals surface area contributed by atoms with Crippen molar-refractivity contribution in [3.63, 3.8) is 0 Å². The lowest BCUT2D eigenvalue weighted by molar-refractivity contribution is 0.0721. The topological polar surface area (TPSA) is 9.23 Å². The Bertz CT molecular complexity index is 111. The van der Waals surface area contributed by atoms with Gasteiger partial charge in [0.1, 0.15) is 5.44 Å². The van der Waals surface area contributed by atoms with Crippen LogP contribution in [-0.4, -0.2) is 16.8 Å². The zero-order valence-corrected chi connectivity index (χ0v) is 8.54. The zero-order chi connectivity index (χ0) is 8.32. The van der Waals surface area contributed by atoms with Crippen molar-refractivity contribution in [1.82, 2.24) is 0 Å². The average molecular weight is 174 g/mol. The SMILES string of the molecule is CC(C)(C)SC1CCCCO1. The summed E-state index contributed by atoms with van der Waals surface area (Å²) in [6.07, 6.45) is 3.83. The van der Waals surface area contributed by atoms with Gasteiger partial charge in [-0.15, -0.1) is 11.8 Å². The first-order chi connectivity index (χ1) is 5.08. The Labute approximate surface area is 73.9 Å². The standard InChI is InChI=1S/C9H18OS/c1-9(2,3)11-8-6-4-5-7-10-8/h8H,4-7H2,1-3H3. The molecule has 1 atom stereocenters. The smallest absolute Gasteiger partial charge is 0.103 e. The minimum atomic E-state index is 0.349. The summed E-state index contributed by atoms with van der Waals surface area (Å²) >= 11 is 1.96. The summed E-state index contributed by atoms with van der Waals surface area (Å²) in [7, 11) is 0. The quantitative estimate of drug-likeness (QED) is 0.604. The van der Waals surface area contributed by atoms with Gasteiger partial charge < -0.3 is 4.74 Å². The zero-order valence-electron chi connectivity index (χ0n) is 7.72. The second kappa shape index (κ2) is 3.81. The fourth-order valence-corrected chi connectivity index (χ4v) is 2.44. The first-order valence-electron chi connectivity index (χ1n) is 4.37. The van der Waals surface area contributed by atoms with E-state index in [0.717, 1.165) is 6.61 Å². The van der Waals surface area contributed by atoms with Gasteiger partial charge in [0.15, 0.2) is 0 Å². The third kappa shape index (κ3) is 4.02. The first-order valence-corrected chi connectivity index (χ1v) is 5.25. The van der Waals surface area contributed by atoms with Gasteiger partial charge in [-0.05, 0) is 19.3 Å². The summed E-state index contributed by atoms with van der Waals surface area (Å²) in [6, 6.07) is 0. The van der Waals surface area contributed by atoms with Crippen LogP contribution < -0.4 is 0 Å². The predicted molar refractivity (Wildman–Crippen MR) is 50.9 cm³/mol. The van der Waals surface area contributed by atoms with E-state index in [9.17, 15) is 0 Å².